The van der Waals surface area contributed by atoms with Crippen molar-refractivity contribution in [3.63, 3.8) is 0 Å². The van der Waals surface area contributed by atoms with Crippen LogP contribution in [0.3, 0.4) is 0 Å². The summed E-state index contributed by atoms with van der Waals surface area (Å²) in [7, 11) is 0. The quantitative estimate of drug-likeness (QED) is 0.846. The van der Waals surface area contributed by atoms with Crippen LogP contribution in [-0.4, -0.2) is 41.0 Å². The number of ether oxygens (including phenoxy) is 2. The van der Waals surface area contributed by atoms with Gasteiger partial charge in [-0.15, -0.1) is 0 Å². The highest BCUT2D eigenvalue weighted by molar-refractivity contribution is 5.97. The SMILES string of the molecule is C[C@@H](Cn1cccn1)NC(=O)c1ccccc1OC[C@H]1CCCO1. The van der Waals surface area contributed by atoms with Crippen LogP contribution in [0.2, 0.25) is 0 Å². The molecular formula is C18H23N3O3. The molecule has 0 radical (unpaired) electrons. The van der Waals surface area contributed by atoms with Crippen LogP contribution in [0.15, 0.2) is 42.7 Å². The molecule has 1 saturated heterocycles. The van der Waals surface area contributed by atoms with Crippen molar-refractivity contribution in [1.29, 1.82) is 0 Å². The minimum absolute atomic E-state index is 0.0383. The van der Waals surface area contributed by atoms with Gasteiger partial charge >= 0.3 is 0 Å². The molecular weight excluding hydrogens is 306 g/mol. The van der Waals surface area contributed by atoms with Gasteiger partial charge in [-0.3, -0.25) is 9.48 Å². The third-order valence-electron chi connectivity index (χ3n) is 3.98. The lowest BCUT2D eigenvalue weighted by molar-refractivity contribution is 0.0670. The number of nitrogens with one attached hydrogen (secondary N) is 1. The molecule has 0 saturated carbocycles. The fourth-order valence-corrected chi connectivity index (χ4v) is 2.77. The molecule has 6 nitrogen and oxygen atoms in total. The van der Waals surface area contributed by atoms with Gasteiger partial charge in [0, 0.05) is 25.0 Å². The highest BCUT2D eigenvalue weighted by atomic mass is 16.5. The molecule has 1 N–H and O–H groups in total. The number of rotatable bonds is 7. The van der Waals surface area contributed by atoms with Gasteiger partial charge in [0.2, 0.25) is 0 Å². The second-order valence-corrected chi connectivity index (χ2v) is 6.04. The minimum Gasteiger partial charge on any atom is -0.490 e. The van der Waals surface area contributed by atoms with Crippen molar-refractivity contribution in [2.75, 3.05) is 13.2 Å². The summed E-state index contributed by atoms with van der Waals surface area (Å²) >= 11 is 0. The maximum atomic E-state index is 12.5. The molecule has 6 heteroatoms. The van der Waals surface area contributed by atoms with Gasteiger partial charge < -0.3 is 14.8 Å². The topological polar surface area (TPSA) is 65.4 Å². The molecule has 1 aromatic carbocycles. The van der Waals surface area contributed by atoms with Crippen molar-refractivity contribution >= 4 is 5.91 Å². The zero-order valence-corrected chi connectivity index (χ0v) is 13.9. The lowest BCUT2D eigenvalue weighted by atomic mass is 10.1. The van der Waals surface area contributed by atoms with E-state index in [-0.39, 0.29) is 18.1 Å². The summed E-state index contributed by atoms with van der Waals surface area (Å²) in [6, 6.07) is 9.13. The van der Waals surface area contributed by atoms with Crippen LogP contribution in [0, 0.1) is 0 Å². The van der Waals surface area contributed by atoms with Crippen molar-refractivity contribution in [2.24, 2.45) is 0 Å². The monoisotopic (exact) mass is 329 g/mol. The smallest absolute Gasteiger partial charge is 0.255 e. The van der Waals surface area contributed by atoms with Crippen LogP contribution in [0.25, 0.3) is 0 Å². The first-order chi connectivity index (χ1) is 11.7. The molecule has 0 aliphatic carbocycles. The third kappa shape index (κ3) is 4.35. The first kappa shape index (κ1) is 16.5. The lowest BCUT2D eigenvalue weighted by Crippen LogP contribution is -2.36. The second kappa shape index (κ2) is 7.97. The van der Waals surface area contributed by atoms with Gasteiger partial charge in [0.15, 0.2) is 0 Å². The average Bonchev–Trinajstić information content (AvgIpc) is 3.26. The van der Waals surface area contributed by atoms with Crippen molar-refractivity contribution in [3.05, 3.63) is 48.3 Å². The first-order valence-corrected chi connectivity index (χ1v) is 8.34. The van der Waals surface area contributed by atoms with E-state index in [1.54, 1.807) is 16.9 Å². The minimum atomic E-state index is -0.141. The Hall–Kier alpha value is -2.34. The molecule has 3 rings (SSSR count). The number of amides is 1. The van der Waals surface area contributed by atoms with Gasteiger partial charge in [-0.1, -0.05) is 12.1 Å². The molecule has 0 bridgehead atoms. The number of carbonyl (C=O) groups excluding carboxylic acids is 1. The molecule has 0 unspecified atom stereocenters. The Bertz CT molecular complexity index is 651. The van der Waals surface area contributed by atoms with E-state index in [1.165, 1.54) is 0 Å². The van der Waals surface area contributed by atoms with Crippen LogP contribution in [0.4, 0.5) is 0 Å². The zero-order valence-electron chi connectivity index (χ0n) is 13.9. The predicted molar refractivity (Wildman–Crippen MR) is 90.1 cm³/mol. The largest absolute Gasteiger partial charge is 0.490 e. The summed E-state index contributed by atoms with van der Waals surface area (Å²) in [4.78, 5) is 12.5. The van der Waals surface area contributed by atoms with Gasteiger partial charge in [0.1, 0.15) is 12.4 Å². The average molecular weight is 329 g/mol. The van der Waals surface area contributed by atoms with Crippen molar-refractivity contribution in [3.8, 4) is 5.75 Å². The molecule has 1 aliphatic rings. The van der Waals surface area contributed by atoms with E-state index < -0.39 is 0 Å². The number of hydrogen-bond donors (Lipinski definition) is 1. The number of hydrogen-bond acceptors (Lipinski definition) is 4. The van der Waals surface area contributed by atoms with Gasteiger partial charge in [-0.25, -0.2) is 0 Å². The Morgan fingerprint density at radius 3 is 3.08 bits per heavy atom. The molecule has 2 atom stereocenters. The van der Waals surface area contributed by atoms with Crippen LogP contribution >= 0.6 is 0 Å². The second-order valence-electron chi connectivity index (χ2n) is 6.04. The van der Waals surface area contributed by atoms with E-state index in [9.17, 15) is 4.79 Å². The van der Waals surface area contributed by atoms with E-state index in [0.29, 0.717) is 24.5 Å². The number of aromatic nitrogens is 2. The maximum absolute atomic E-state index is 12.5. The molecule has 1 aromatic heterocycles. The van der Waals surface area contributed by atoms with Gasteiger partial charge in [-0.2, -0.15) is 5.10 Å². The molecule has 1 fully saturated rings. The van der Waals surface area contributed by atoms with Crippen LogP contribution in [0.5, 0.6) is 5.75 Å². The number of benzene rings is 1. The van der Waals surface area contributed by atoms with Crippen LogP contribution < -0.4 is 10.1 Å². The van der Waals surface area contributed by atoms with Gasteiger partial charge in [-0.05, 0) is 38.0 Å². The summed E-state index contributed by atoms with van der Waals surface area (Å²) in [6.45, 7) is 3.85. The Balaban J connectivity index is 1.59. The Labute approximate surface area is 141 Å². The standard InChI is InChI=1S/C18H23N3O3/c1-14(12-21-10-5-9-19-21)20-18(22)16-7-2-3-8-17(16)24-13-15-6-4-11-23-15/h2-3,5,7-10,14-15H,4,6,11-13H2,1H3,(H,20,22)/t14-,15+/m0/s1. The van der Waals surface area contributed by atoms with Crippen molar-refractivity contribution < 1.29 is 14.3 Å². The number of carbonyl (C=O) groups is 1. The van der Waals surface area contributed by atoms with Crippen LogP contribution in [-0.2, 0) is 11.3 Å². The third-order valence-corrected chi connectivity index (χ3v) is 3.98. The Kier molecular flexibility index (Phi) is 5.48. The molecule has 2 aromatic rings. The first-order valence-electron chi connectivity index (χ1n) is 8.34. The normalized spacial score (nSPS) is 18.3. The fourth-order valence-electron chi connectivity index (χ4n) is 2.77. The molecule has 128 valence electrons. The van der Waals surface area contributed by atoms with E-state index in [0.717, 1.165) is 19.4 Å². The van der Waals surface area contributed by atoms with Gasteiger partial charge in [0.05, 0.1) is 18.2 Å². The number of para-hydroxylation sites is 1. The zero-order chi connectivity index (χ0) is 16.8. The van der Waals surface area contributed by atoms with Crippen LogP contribution in [0.1, 0.15) is 30.1 Å². The predicted octanol–water partition coefficient (Wildman–Crippen LogP) is 2.26. The molecule has 1 aliphatic heterocycles. The van der Waals surface area contributed by atoms with E-state index in [2.05, 4.69) is 10.4 Å². The molecule has 1 amide bonds. The highest BCUT2D eigenvalue weighted by Crippen LogP contribution is 2.20. The summed E-state index contributed by atoms with van der Waals surface area (Å²) in [5.41, 5.74) is 0.544. The highest BCUT2D eigenvalue weighted by Gasteiger charge is 2.19. The number of nitrogens with zero attached hydrogens (tertiary/aromatic N) is 2. The Morgan fingerprint density at radius 1 is 1.46 bits per heavy atom. The van der Waals surface area contributed by atoms with E-state index in [1.807, 2.05) is 37.4 Å². The van der Waals surface area contributed by atoms with Crippen molar-refractivity contribution in [2.45, 2.75) is 38.5 Å². The molecule has 0 spiro atoms. The summed E-state index contributed by atoms with van der Waals surface area (Å²) in [5.74, 6) is 0.453. The van der Waals surface area contributed by atoms with E-state index in [4.69, 9.17) is 9.47 Å². The fraction of sp³-hybridized carbons (Fsp3) is 0.444. The van der Waals surface area contributed by atoms with Crippen molar-refractivity contribution in [1.82, 2.24) is 15.1 Å². The summed E-state index contributed by atoms with van der Waals surface area (Å²) in [5, 5.41) is 7.15. The van der Waals surface area contributed by atoms with E-state index >= 15 is 0 Å². The summed E-state index contributed by atoms with van der Waals surface area (Å²) in [6.07, 6.45) is 5.81. The molecule has 2 heterocycles. The summed E-state index contributed by atoms with van der Waals surface area (Å²) < 4.78 is 13.2. The maximum Gasteiger partial charge on any atom is 0.255 e. The Morgan fingerprint density at radius 2 is 2.33 bits per heavy atom. The lowest BCUT2D eigenvalue weighted by Gasteiger charge is -2.17. The molecule has 24 heavy (non-hydrogen) atoms. The van der Waals surface area contributed by atoms with Gasteiger partial charge in [0.25, 0.3) is 5.91 Å².